The number of fused-ring (bicyclic) bond motifs is 4. The van der Waals surface area contributed by atoms with Gasteiger partial charge < -0.3 is 14.2 Å². The Labute approximate surface area is 277 Å². The van der Waals surface area contributed by atoms with Gasteiger partial charge in [-0.15, -0.1) is 0 Å². The van der Waals surface area contributed by atoms with Crippen molar-refractivity contribution in [3.05, 3.63) is 113 Å². The highest BCUT2D eigenvalue weighted by Gasteiger charge is 2.43. The topological polar surface area (TPSA) is 106 Å². The van der Waals surface area contributed by atoms with E-state index in [9.17, 15) is 19.2 Å². The Morgan fingerprint density at radius 1 is 0.771 bits per heavy atom. The quantitative estimate of drug-likeness (QED) is 0.138. The normalized spacial score (nSPS) is 18.6. The van der Waals surface area contributed by atoms with Crippen LogP contribution in [0.5, 0.6) is 11.5 Å². The fourth-order valence-electron chi connectivity index (χ4n) is 7.07. The predicted molar refractivity (Wildman–Crippen MR) is 176 cm³/mol. The number of ether oxygens (including phenoxy) is 3. The van der Waals surface area contributed by atoms with Crippen molar-refractivity contribution in [3.63, 3.8) is 0 Å². The van der Waals surface area contributed by atoms with E-state index in [2.05, 4.69) is 21.9 Å². The van der Waals surface area contributed by atoms with E-state index in [1.807, 2.05) is 42.5 Å². The van der Waals surface area contributed by atoms with Crippen molar-refractivity contribution in [2.45, 2.75) is 25.4 Å². The van der Waals surface area contributed by atoms with Crippen LogP contribution in [-0.2, 0) is 27.3 Å². The Bertz CT molecular complexity index is 1950. The number of carbonyl (C=O) groups excluding carboxylic acids is 4. The Morgan fingerprint density at radius 2 is 1.52 bits per heavy atom. The number of anilines is 1. The molecule has 10 heteroatoms. The van der Waals surface area contributed by atoms with E-state index >= 15 is 0 Å². The molecule has 4 aromatic rings. The monoisotopic (exact) mass is 643 g/mol. The van der Waals surface area contributed by atoms with Crippen LogP contribution in [0.4, 0.5) is 5.69 Å². The molecule has 48 heavy (non-hydrogen) atoms. The minimum absolute atomic E-state index is 0.113. The van der Waals surface area contributed by atoms with Gasteiger partial charge in [0.1, 0.15) is 0 Å². The zero-order valence-electron chi connectivity index (χ0n) is 26.2. The van der Waals surface area contributed by atoms with Crippen molar-refractivity contribution in [1.29, 1.82) is 0 Å². The third-order valence-electron chi connectivity index (χ3n) is 9.62. The molecule has 8 rings (SSSR count). The summed E-state index contributed by atoms with van der Waals surface area (Å²) in [6, 6.07) is 25.4. The van der Waals surface area contributed by atoms with Gasteiger partial charge in [-0.05, 0) is 76.7 Å². The molecule has 4 aromatic carbocycles. The van der Waals surface area contributed by atoms with Crippen LogP contribution in [0, 0.1) is 0 Å². The van der Waals surface area contributed by atoms with Gasteiger partial charge in [-0.2, -0.15) is 0 Å². The molecule has 3 aliphatic heterocycles. The largest absolute Gasteiger partial charge is 0.454 e. The molecule has 0 N–H and O–H groups in total. The molecule has 3 heterocycles. The Kier molecular flexibility index (Phi) is 7.74. The molecule has 1 unspecified atom stereocenters. The number of esters is 1. The lowest BCUT2D eigenvalue weighted by atomic mass is 10.0. The molecule has 0 radical (unpaired) electrons. The van der Waals surface area contributed by atoms with E-state index in [0.717, 1.165) is 54.2 Å². The van der Waals surface area contributed by atoms with Gasteiger partial charge in [0.15, 0.2) is 23.9 Å². The molecule has 1 aliphatic carbocycles. The first kappa shape index (κ1) is 30.0. The molecule has 0 aromatic heterocycles. The Morgan fingerprint density at radius 3 is 2.35 bits per heavy atom. The second-order valence-corrected chi connectivity index (χ2v) is 12.5. The van der Waals surface area contributed by atoms with Gasteiger partial charge in [0.2, 0.25) is 12.7 Å². The molecule has 1 atom stereocenters. The van der Waals surface area contributed by atoms with Gasteiger partial charge >= 0.3 is 5.97 Å². The number of amides is 2. The zero-order valence-corrected chi connectivity index (χ0v) is 26.2. The molecule has 0 spiro atoms. The molecule has 2 amide bonds. The van der Waals surface area contributed by atoms with Gasteiger partial charge in [0, 0.05) is 38.3 Å². The number of rotatable bonds is 8. The second kappa shape index (κ2) is 12.4. The van der Waals surface area contributed by atoms with Crippen molar-refractivity contribution < 1.29 is 33.4 Å². The maximum Gasteiger partial charge on any atom is 0.338 e. The molecule has 2 saturated heterocycles. The van der Waals surface area contributed by atoms with Gasteiger partial charge in [-0.3, -0.25) is 24.2 Å². The lowest BCUT2D eigenvalue weighted by molar-refractivity contribution is -0.123. The van der Waals surface area contributed by atoms with Gasteiger partial charge in [0.25, 0.3) is 5.91 Å². The number of hydrogen-bond donors (Lipinski definition) is 0. The third kappa shape index (κ3) is 5.63. The number of nitrogens with zero attached hydrogens (tertiary/aromatic N) is 3. The van der Waals surface area contributed by atoms with Crippen molar-refractivity contribution in [2.75, 3.05) is 44.5 Å². The molecule has 10 nitrogen and oxygen atoms in total. The maximum atomic E-state index is 13.5. The average Bonchev–Trinajstić information content (AvgIpc) is 3.81. The molecular formula is C38H33N3O7. The molecule has 4 aliphatic rings. The summed E-state index contributed by atoms with van der Waals surface area (Å²) in [5.41, 5.74) is 6.88. The lowest BCUT2D eigenvalue weighted by Gasteiger charge is -2.37. The molecular weight excluding hydrogens is 610 g/mol. The number of benzene rings is 4. The van der Waals surface area contributed by atoms with Crippen LogP contribution in [0.1, 0.15) is 43.8 Å². The minimum atomic E-state index is -0.654. The van der Waals surface area contributed by atoms with Crippen LogP contribution in [0.3, 0.4) is 0 Å². The van der Waals surface area contributed by atoms with Crippen LogP contribution < -0.4 is 14.4 Å². The highest BCUT2D eigenvalue weighted by molar-refractivity contribution is 6.22. The minimum Gasteiger partial charge on any atom is -0.454 e. The molecule has 0 saturated carbocycles. The first-order chi connectivity index (χ1) is 23.4. The van der Waals surface area contributed by atoms with Crippen LogP contribution in [0.15, 0.2) is 84.9 Å². The smallest absolute Gasteiger partial charge is 0.338 e. The fraction of sp³-hybridized carbons (Fsp3) is 0.263. The third-order valence-corrected chi connectivity index (χ3v) is 9.62. The van der Waals surface area contributed by atoms with Crippen molar-refractivity contribution in [3.8, 4) is 22.6 Å². The maximum absolute atomic E-state index is 13.5. The summed E-state index contributed by atoms with van der Waals surface area (Å²) in [5, 5.41) is 0. The first-order valence-electron chi connectivity index (χ1n) is 16.1. The number of imide groups is 1. The number of hydrogen-bond acceptors (Lipinski definition) is 9. The van der Waals surface area contributed by atoms with Crippen molar-refractivity contribution in [1.82, 2.24) is 9.80 Å². The van der Waals surface area contributed by atoms with E-state index in [0.29, 0.717) is 24.3 Å². The highest BCUT2D eigenvalue weighted by atomic mass is 16.7. The zero-order chi connectivity index (χ0) is 32.8. The molecule has 0 bridgehead atoms. The van der Waals surface area contributed by atoms with E-state index < -0.39 is 12.0 Å². The summed E-state index contributed by atoms with van der Waals surface area (Å²) < 4.78 is 16.2. The Balaban J connectivity index is 0.841. The van der Waals surface area contributed by atoms with Gasteiger partial charge in [-0.1, -0.05) is 42.5 Å². The highest BCUT2D eigenvalue weighted by Crippen LogP contribution is 2.37. The van der Waals surface area contributed by atoms with E-state index in [-0.39, 0.29) is 43.0 Å². The van der Waals surface area contributed by atoms with Crippen LogP contribution in [0.25, 0.3) is 11.1 Å². The van der Waals surface area contributed by atoms with Crippen molar-refractivity contribution in [2.24, 2.45) is 0 Å². The fourth-order valence-corrected chi connectivity index (χ4v) is 7.07. The molecule has 242 valence electrons. The summed E-state index contributed by atoms with van der Waals surface area (Å²) in [5.74, 6) is 0.0514. The average molecular weight is 644 g/mol. The van der Waals surface area contributed by atoms with Gasteiger partial charge in [0.05, 0.1) is 23.7 Å². The second-order valence-electron chi connectivity index (χ2n) is 12.5. The lowest BCUT2D eigenvalue weighted by Crippen LogP contribution is -2.52. The van der Waals surface area contributed by atoms with Crippen LogP contribution in [-0.4, -0.2) is 79.0 Å². The molecule has 2 fully saturated rings. The summed E-state index contributed by atoms with van der Waals surface area (Å²) in [6.07, 6.45) is 0.878. The predicted octanol–water partition coefficient (Wildman–Crippen LogP) is 4.48. The van der Waals surface area contributed by atoms with E-state index in [1.165, 1.54) is 28.2 Å². The number of piperazine rings is 1. The van der Waals surface area contributed by atoms with Crippen LogP contribution in [0.2, 0.25) is 0 Å². The first-order valence-corrected chi connectivity index (χ1v) is 16.1. The SMILES string of the molecule is O=C(COC(=O)c1ccc(N2C(=O)CC(N3CCN(Cc4ccc5c(c4)OCO5)CC3)C2=O)cc1)c1ccc2c(c1)Cc1ccccc1-2. The summed E-state index contributed by atoms with van der Waals surface area (Å²) in [7, 11) is 0. The van der Waals surface area contributed by atoms with Crippen LogP contribution >= 0.6 is 0 Å². The summed E-state index contributed by atoms with van der Waals surface area (Å²) in [4.78, 5) is 57.7. The summed E-state index contributed by atoms with van der Waals surface area (Å²) >= 11 is 0. The standard InChI is InChI=1S/C38H33N3O7/c42-33(27-8-11-31-28(19-27)18-26-3-1-2-4-30(26)31)22-46-38(45)25-6-9-29(10-7-25)41-36(43)20-32(37(41)44)40-15-13-39(14-16-40)21-24-5-12-34-35(17-24)48-23-47-34/h1-12,17,19,32H,13-16,18,20-23H2. The number of carbonyl (C=O) groups is 4. The van der Waals surface area contributed by atoms with E-state index in [4.69, 9.17) is 14.2 Å². The van der Waals surface area contributed by atoms with Gasteiger partial charge in [-0.25, -0.2) is 9.69 Å². The van der Waals surface area contributed by atoms with E-state index in [1.54, 1.807) is 18.2 Å². The Hall–Kier alpha value is -5.32. The number of Topliss-reactive ketones (excluding diaryl/α,β-unsaturated/α-hetero) is 1. The summed E-state index contributed by atoms with van der Waals surface area (Å²) in [6.45, 7) is 3.50. The van der Waals surface area contributed by atoms with Crippen molar-refractivity contribution >= 4 is 29.3 Å². The number of ketones is 1.